The average Bonchev–Trinajstić information content (AvgIpc) is 3.24. The zero-order valence-corrected chi connectivity index (χ0v) is 47.9. The smallest absolute Gasteiger partial charge is 0.308 e. The minimum atomic E-state index is -2.37. The van der Waals surface area contributed by atoms with Gasteiger partial charge >= 0.3 is 5.97 Å². The summed E-state index contributed by atoms with van der Waals surface area (Å²) in [5.41, 5.74) is 0.167. The molecule has 4 aliphatic heterocycles. The number of hydrogen-bond acceptors (Lipinski definition) is 21. The zero-order valence-electron chi connectivity index (χ0n) is 47.9. The minimum absolute atomic E-state index is 0.0485. The predicted molar refractivity (Wildman–Crippen MR) is 302 cm³/mol. The molecule has 83 heavy (non-hydrogen) atoms. The van der Waals surface area contributed by atoms with Crippen LogP contribution in [0.4, 0.5) is 0 Å². The van der Waals surface area contributed by atoms with Gasteiger partial charge in [-0.05, 0) is 46.2 Å². The lowest BCUT2D eigenvalue weighted by atomic mass is 9.81. The van der Waals surface area contributed by atoms with Gasteiger partial charge in [0.2, 0.25) is 11.8 Å². The largest absolute Gasteiger partial charge is 0.462 e. The van der Waals surface area contributed by atoms with Crippen LogP contribution in [0.2, 0.25) is 0 Å². The molecule has 0 spiro atoms. The molecular weight excluding hydrogens is 1080 g/mol. The molecule has 2 bridgehead atoms. The number of rotatable bonds is 7. The number of nitrogens with one attached hydrogen (secondary N) is 2. The van der Waals surface area contributed by atoms with E-state index in [2.05, 4.69) is 20.6 Å². The fourth-order valence-electron chi connectivity index (χ4n) is 10.4. The molecule has 3 fully saturated rings. The molecule has 19 atom stereocenters. The van der Waals surface area contributed by atoms with E-state index in [0.717, 1.165) is 0 Å². The molecule has 3 saturated heterocycles. The van der Waals surface area contributed by atoms with Gasteiger partial charge in [0.1, 0.15) is 30.3 Å². The monoisotopic (exact) mass is 1170 g/mol. The van der Waals surface area contributed by atoms with E-state index in [9.17, 15) is 70.2 Å². The molecular formula is C59H88N6O18. The van der Waals surface area contributed by atoms with Gasteiger partial charge in [-0.25, -0.2) is 9.97 Å². The predicted octanol–water partition coefficient (Wildman–Crippen LogP) is -0.221. The molecule has 462 valence electrons. The summed E-state index contributed by atoms with van der Waals surface area (Å²) in [6.45, 7) is 6.92. The molecule has 0 aromatic carbocycles. The summed E-state index contributed by atoms with van der Waals surface area (Å²) in [6, 6.07) is 0.217. The first-order chi connectivity index (χ1) is 39.5. The van der Waals surface area contributed by atoms with E-state index in [1.165, 1.54) is 35.3 Å². The van der Waals surface area contributed by atoms with Gasteiger partial charge in [0, 0.05) is 69.9 Å². The fraction of sp³-hybridized carbons (Fsp3) is 0.627. The lowest BCUT2D eigenvalue weighted by Gasteiger charge is -2.47. The van der Waals surface area contributed by atoms with Crippen molar-refractivity contribution in [3.8, 4) is 0 Å². The van der Waals surface area contributed by atoms with Gasteiger partial charge in [0.05, 0.1) is 86.0 Å². The van der Waals surface area contributed by atoms with E-state index >= 15 is 0 Å². The summed E-state index contributed by atoms with van der Waals surface area (Å²) >= 11 is 0. The van der Waals surface area contributed by atoms with Crippen molar-refractivity contribution in [2.75, 3.05) is 39.8 Å². The highest BCUT2D eigenvalue weighted by atomic mass is 16.7. The number of esters is 1. The Morgan fingerprint density at radius 2 is 1.31 bits per heavy atom. The van der Waals surface area contributed by atoms with Crippen molar-refractivity contribution >= 4 is 23.7 Å². The van der Waals surface area contributed by atoms with Gasteiger partial charge in [-0.1, -0.05) is 98.9 Å². The highest BCUT2D eigenvalue weighted by Gasteiger charge is 2.52. The summed E-state index contributed by atoms with van der Waals surface area (Å²) in [4.78, 5) is 64.4. The number of carbonyl (C=O) groups excluding carboxylic acids is 4. The molecule has 0 aliphatic carbocycles. The molecule has 5 rings (SSSR count). The first-order valence-electron chi connectivity index (χ1n) is 28.5. The van der Waals surface area contributed by atoms with Gasteiger partial charge < -0.3 is 90.4 Å². The maximum Gasteiger partial charge on any atom is 0.308 e. The van der Waals surface area contributed by atoms with Crippen LogP contribution in [-0.2, 0) is 33.3 Å². The van der Waals surface area contributed by atoms with Crippen molar-refractivity contribution in [1.82, 2.24) is 30.4 Å². The van der Waals surface area contributed by atoms with Crippen molar-refractivity contribution < 1.29 is 89.2 Å². The van der Waals surface area contributed by atoms with E-state index in [-0.39, 0.29) is 75.9 Å². The Balaban J connectivity index is 1.44. The number of nitrogens with zero attached hydrogens (tertiary/aromatic N) is 4. The summed E-state index contributed by atoms with van der Waals surface area (Å²) in [6.07, 6.45) is 5.43. The molecule has 3 amide bonds. The quantitative estimate of drug-likeness (QED) is 0.157. The number of ether oxygens (including phenoxy) is 4. The second-order valence-electron chi connectivity index (χ2n) is 22.0. The Morgan fingerprint density at radius 3 is 1.93 bits per heavy atom. The number of amides is 3. The molecule has 12 N–H and O–H groups in total. The topological polar surface area (TPSA) is 364 Å². The molecule has 0 saturated carbocycles. The van der Waals surface area contributed by atoms with Crippen LogP contribution in [0.1, 0.15) is 89.5 Å². The first-order valence-corrected chi connectivity index (χ1v) is 28.5. The van der Waals surface area contributed by atoms with Crippen LogP contribution in [0.3, 0.4) is 0 Å². The molecule has 0 unspecified atom stereocenters. The van der Waals surface area contributed by atoms with Crippen molar-refractivity contribution in [3.05, 3.63) is 109 Å². The third kappa shape index (κ3) is 21.6. The standard InChI is InChI=1S/C59H88N6O18/c1-36-18-16-14-12-10-8-6-7-9-11-13-15-17-19-43(82-58-55(76)52(54(75)39(4)81-58)63-49(72)34-60-5)31-48-51(57(78)65-26-24-64(25-27-65)56(77)44-22-23-61-35-62-44)47(71)33-59(79,83-48)32-42(68)29-46(70)45(69)21-20-40(66)28-41(67)30-50(73)80-38(3)37(2)53(36)74/h6-19,22-23,35-43,45-48,51-55,58,60,66-71,74-76,79H,20-21,24-34H2,1-5H3,(H,63,72)/b7-6+,10-8+,11-9+,14-12+,15-13+,18-16+,19-17+/t36-,37-,38-,39+,40+,41+,42-,43-,45+,46+,47-,48-,51+,52-,53+,54+,55-,58-,59+/m0/s1. The summed E-state index contributed by atoms with van der Waals surface area (Å²) < 4.78 is 24.3. The van der Waals surface area contributed by atoms with Gasteiger partial charge in [-0.3, -0.25) is 19.2 Å². The van der Waals surface area contributed by atoms with E-state index in [1.807, 2.05) is 25.2 Å². The third-order valence-corrected chi connectivity index (χ3v) is 15.3. The molecule has 24 heteroatoms. The second-order valence-corrected chi connectivity index (χ2v) is 22.0. The van der Waals surface area contributed by atoms with Gasteiger partial charge in [0.15, 0.2) is 12.1 Å². The van der Waals surface area contributed by atoms with Gasteiger partial charge in [0.25, 0.3) is 5.91 Å². The Hall–Kier alpha value is -5.42. The number of aliphatic hydroxyl groups is 10. The van der Waals surface area contributed by atoms with E-state index < -0.39 is 153 Å². The van der Waals surface area contributed by atoms with Gasteiger partial charge in [-0.15, -0.1) is 0 Å². The number of allylic oxidation sites excluding steroid dienone is 12. The normalized spacial score (nSPS) is 39.2. The number of aliphatic hydroxyl groups excluding tert-OH is 9. The molecule has 4 aliphatic rings. The summed E-state index contributed by atoms with van der Waals surface area (Å²) in [5, 5.41) is 118. The highest BCUT2D eigenvalue weighted by molar-refractivity contribution is 5.92. The van der Waals surface area contributed by atoms with Crippen LogP contribution in [-0.4, -0.2) is 232 Å². The Kier molecular flexibility index (Phi) is 27.9. The van der Waals surface area contributed by atoms with E-state index in [0.29, 0.717) is 0 Å². The Labute approximate surface area is 485 Å². The fourth-order valence-corrected chi connectivity index (χ4v) is 10.4. The van der Waals surface area contributed by atoms with Crippen molar-refractivity contribution in [2.45, 2.75) is 177 Å². The zero-order chi connectivity index (χ0) is 60.8. The Bertz CT molecular complexity index is 2400. The van der Waals surface area contributed by atoms with E-state index in [1.54, 1.807) is 87.7 Å². The highest BCUT2D eigenvalue weighted by Crippen LogP contribution is 2.39. The van der Waals surface area contributed by atoms with Crippen LogP contribution in [0.15, 0.2) is 104 Å². The average molecular weight is 1170 g/mol. The van der Waals surface area contributed by atoms with Crippen molar-refractivity contribution in [1.29, 1.82) is 0 Å². The Morgan fingerprint density at radius 1 is 0.699 bits per heavy atom. The number of piperazine rings is 1. The van der Waals surface area contributed by atoms with Crippen molar-refractivity contribution in [3.63, 3.8) is 0 Å². The maximum absolute atomic E-state index is 14.7. The van der Waals surface area contributed by atoms with Crippen LogP contribution in [0.25, 0.3) is 0 Å². The second kappa shape index (κ2) is 33.9. The van der Waals surface area contributed by atoms with Crippen LogP contribution in [0.5, 0.6) is 0 Å². The lowest BCUT2D eigenvalue weighted by molar-refractivity contribution is -0.308. The molecule has 1 aromatic rings. The van der Waals surface area contributed by atoms with Crippen LogP contribution in [0, 0.1) is 17.8 Å². The number of carbonyl (C=O) groups is 4. The number of likely N-dealkylation sites (N-methyl/N-ethyl adjacent to an activating group) is 1. The number of hydrogen-bond donors (Lipinski definition) is 12. The lowest BCUT2D eigenvalue weighted by Crippen LogP contribution is -2.64. The maximum atomic E-state index is 14.7. The molecule has 5 heterocycles. The van der Waals surface area contributed by atoms with E-state index in [4.69, 9.17) is 18.9 Å². The van der Waals surface area contributed by atoms with Crippen molar-refractivity contribution in [2.24, 2.45) is 17.8 Å². The molecule has 0 radical (unpaired) electrons. The minimum Gasteiger partial charge on any atom is -0.462 e. The van der Waals surface area contributed by atoms with Crippen LogP contribution < -0.4 is 10.6 Å². The number of aromatic nitrogens is 2. The summed E-state index contributed by atoms with van der Waals surface area (Å²) in [5.74, 6) is -6.78. The van der Waals surface area contributed by atoms with Crippen LogP contribution >= 0.6 is 0 Å². The number of cyclic esters (lactones) is 1. The number of fused-ring (bicyclic) bond motifs is 2. The van der Waals surface area contributed by atoms with Gasteiger partial charge in [-0.2, -0.15) is 0 Å². The molecule has 1 aromatic heterocycles. The SMILES string of the molecule is CNCC(=O)N[C@@H]1[C@H](O)[C@H](O[C@H]2/C=C/C=C/C=C/C=C/C=C/C=C/C=C/[C@H](C)[C@@H](O)[C@@H](C)[C@H](C)OC(=O)C[C@H](O)C[C@H](O)CC[C@@H](O)[C@H](O)C[C@H](O)C[C@]3(O)C[C@H](O)[C@@H](C(=O)N4CCN(C(=O)c5ccncn5)CC4)[C@H](C2)O3)O[C@H](C)[C@H]1O. The first kappa shape index (κ1) is 68.4. The molecule has 24 nitrogen and oxygen atoms in total. The summed E-state index contributed by atoms with van der Waals surface area (Å²) in [7, 11) is 1.55. The third-order valence-electron chi connectivity index (χ3n) is 15.3.